The van der Waals surface area contributed by atoms with Crippen molar-refractivity contribution in [2.45, 2.75) is 37.5 Å². The minimum Gasteiger partial charge on any atom is -0.379 e. The number of amides is 1. The lowest BCUT2D eigenvalue weighted by atomic mass is 10.1. The Labute approximate surface area is 215 Å². The van der Waals surface area contributed by atoms with Crippen molar-refractivity contribution in [1.82, 2.24) is 9.88 Å². The van der Waals surface area contributed by atoms with E-state index >= 15 is 0 Å². The standard InChI is InChI=1S/C26H32FN3O4S2/c1-2-20-6-3-7-23-25(20)28-26(35-23)30(14-5-13-29-15-17-34-18-16-29)24(31)8-4-19-36(32,33)22-11-9-21(27)10-12-22/h3,6-7,9-12H,2,4-5,8,13-19H2,1H3. The second-order valence-electron chi connectivity index (χ2n) is 8.84. The van der Waals surface area contributed by atoms with Gasteiger partial charge in [0.05, 0.1) is 34.1 Å². The molecule has 0 spiro atoms. The van der Waals surface area contributed by atoms with Gasteiger partial charge in [-0.05, 0) is 55.2 Å². The van der Waals surface area contributed by atoms with Crippen LogP contribution in [0.3, 0.4) is 0 Å². The summed E-state index contributed by atoms with van der Waals surface area (Å²) >= 11 is 1.49. The van der Waals surface area contributed by atoms with Crippen LogP contribution < -0.4 is 4.90 Å². The molecule has 3 aromatic rings. The summed E-state index contributed by atoms with van der Waals surface area (Å²) in [4.78, 5) is 22.3. The number of aromatic nitrogens is 1. The second kappa shape index (κ2) is 12.2. The Kier molecular flexibility index (Phi) is 9.05. The highest BCUT2D eigenvalue weighted by molar-refractivity contribution is 7.91. The summed E-state index contributed by atoms with van der Waals surface area (Å²) in [6.45, 7) is 6.68. The first-order valence-corrected chi connectivity index (χ1v) is 14.8. The van der Waals surface area contributed by atoms with Crippen molar-refractivity contribution >= 4 is 42.4 Å². The highest BCUT2D eigenvalue weighted by atomic mass is 32.2. The number of anilines is 1. The van der Waals surface area contributed by atoms with Gasteiger partial charge in [0.1, 0.15) is 5.82 Å². The number of thiazole rings is 1. The molecule has 2 heterocycles. The van der Waals surface area contributed by atoms with Gasteiger partial charge in [-0.1, -0.05) is 30.4 Å². The Morgan fingerprint density at radius 3 is 2.61 bits per heavy atom. The lowest BCUT2D eigenvalue weighted by Gasteiger charge is -2.27. The van der Waals surface area contributed by atoms with Crippen LogP contribution in [0.4, 0.5) is 9.52 Å². The molecule has 194 valence electrons. The SMILES string of the molecule is CCc1cccc2sc(N(CCCN3CCOCC3)C(=O)CCCS(=O)(=O)c3ccc(F)cc3)nc12. The van der Waals surface area contributed by atoms with Gasteiger partial charge in [-0.15, -0.1) is 0 Å². The molecular weight excluding hydrogens is 501 g/mol. The van der Waals surface area contributed by atoms with E-state index in [-0.39, 0.29) is 29.4 Å². The van der Waals surface area contributed by atoms with Gasteiger partial charge in [-0.25, -0.2) is 17.8 Å². The van der Waals surface area contributed by atoms with Crippen molar-refractivity contribution in [2.24, 2.45) is 0 Å². The third kappa shape index (κ3) is 6.67. The first-order chi connectivity index (χ1) is 17.4. The van der Waals surface area contributed by atoms with Crippen LogP contribution in [0, 0.1) is 5.82 Å². The van der Waals surface area contributed by atoms with Crippen LogP contribution in [0.25, 0.3) is 10.2 Å². The quantitative estimate of drug-likeness (QED) is 0.342. The van der Waals surface area contributed by atoms with E-state index in [0.717, 1.165) is 73.6 Å². The molecule has 0 atom stereocenters. The molecule has 1 aromatic heterocycles. The maximum absolute atomic E-state index is 13.3. The van der Waals surface area contributed by atoms with Gasteiger partial charge in [0.2, 0.25) is 5.91 Å². The monoisotopic (exact) mass is 533 g/mol. The van der Waals surface area contributed by atoms with Crippen LogP contribution in [0.5, 0.6) is 0 Å². The predicted octanol–water partition coefficient (Wildman–Crippen LogP) is 4.31. The maximum atomic E-state index is 13.3. The molecule has 1 aliphatic heterocycles. The third-order valence-corrected chi connectivity index (χ3v) is 9.20. The Hall–Kier alpha value is -2.40. The van der Waals surface area contributed by atoms with Crippen LogP contribution in [0.1, 0.15) is 31.7 Å². The number of carbonyl (C=O) groups excluding carboxylic acids is 1. The van der Waals surface area contributed by atoms with Gasteiger partial charge in [0.25, 0.3) is 0 Å². The van der Waals surface area contributed by atoms with Crippen LogP contribution >= 0.6 is 11.3 Å². The second-order valence-corrected chi connectivity index (χ2v) is 12.0. The van der Waals surface area contributed by atoms with Gasteiger partial charge >= 0.3 is 0 Å². The number of sulfone groups is 1. The lowest BCUT2D eigenvalue weighted by molar-refractivity contribution is -0.118. The number of hydrogen-bond donors (Lipinski definition) is 0. The Bertz CT molecular complexity index is 1270. The molecule has 0 radical (unpaired) electrons. The number of carbonyl (C=O) groups is 1. The van der Waals surface area contributed by atoms with Crippen molar-refractivity contribution in [3.8, 4) is 0 Å². The molecule has 0 aliphatic carbocycles. The fraction of sp³-hybridized carbons (Fsp3) is 0.462. The Balaban J connectivity index is 1.45. The molecule has 1 fully saturated rings. The summed E-state index contributed by atoms with van der Waals surface area (Å²) in [6.07, 6.45) is 1.92. The fourth-order valence-electron chi connectivity index (χ4n) is 4.31. The van der Waals surface area contributed by atoms with E-state index < -0.39 is 15.7 Å². The molecule has 0 unspecified atom stereocenters. The van der Waals surface area contributed by atoms with Crippen LogP contribution in [-0.4, -0.2) is 69.4 Å². The number of para-hydroxylation sites is 1. The molecule has 4 rings (SSSR count). The van der Waals surface area contributed by atoms with E-state index in [2.05, 4.69) is 17.9 Å². The first kappa shape index (κ1) is 26.7. The largest absolute Gasteiger partial charge is 0.379 e. The number of fused-ring (bicyclic) bond motifs is 1. The van der Waals surface area contributed by atoms with E-state index in [1.54, 1.807) is 4.90 Å². The Morgan fingerprint density at radius 1 is 1.14 bits per heavy atom. The van der Waals surface area contributed by atoms with Crippen molar-refractivity contribution in [3.05, 3.63) is 53.8 Å². The summed E-state index contributed by atoms with van der Waals surface area (Å²) < 4.78 is 44.9. The number of rotatable bonds is 11. The zero-order chi connectivity index (χ0) is 25.5. The van der Waals surface area contributed by atoms with Crippen molar-refractivity contribution in [3.63, 3.8) is 0 Å². The van der Waals surface area contributed by atoms with Gasteiger partial charge in [-0.2, -0.15) is 0 Å². The normalized spacial score (nSPS) is 14.8. The summed E-state index contributed by atoms with van der Waals surface area (Å²) in [5, 5.41) is 0.652. The van der Waals surface area contributed by atoms with Gasteiger partial charge < -0.3 is 4.74 Å². The molecule has 36 heavy (non-hydrogen) atoms. The smallest absolute Gasteiger partial charge is 0.228 e. The van der Waals surface area contributed by atoms with Crippen LogP contribution in [0.15, 0.2) is 47.4 Å². The topological polar surface area (TPSA) is 79.8 Å². The van der Waals surface area contributed by atoms with E-state index in [9.17, 15) is 17.6 Å². The van der Waals surface area contributed by atoms with Crippen molar-refractivity contribution in [1.29, 1.82) is 0 Å². The molecule has 1 saturated heterocycles. The van der Waals surface area contributed by atoms with E-state index in [4.69, 9.17) is 9.72 Å². The minimum absolute atomic E-state index is 0.0667. The van der Waals surface area contributed by atoms with Crippen molar-refractivity contribution < 1.29 is 22.3 Å². The fourth-order valence-corrected chi connectivity index (χ4v) is 6.67. The minimum atomic E-state index is -3.59. The molecule has 1 aliphatic rings. The summed E-state index contributed by atoms with van der Waals surface area (Å²) in [7, 11) is -3.59. The molecule has 10 heteroatoms. The highest BCUT2D eigenvalue weighted by Crippen LogP contribution is 2.31. The zero-order valence-electron chi connectivity index (χ0n) is 20.5. The number of nitrogens with zero attached hydrogens (tertiary/aromatic N) is 3. The average molecular weight is 534 g/mol. The zero-order valence-corrected chi connectivity index (χ0v) is 22.1. The lowest BCUT2D eigenvalue weighted by Crippen LogP contribution is -2.39. The number of benzene rings is 2. The van der Waals surface area contributed by atoms with Gasteiger partial charge in [0, 0.05) is 32.6 Å². The highest BCUT2D eigenvalue weighted by Gasteiger charge is 2.22. The number of morpholine rings is 1. The molecule has 0 saturated carbocycles. The average Bonchev–Trinajstić information content (AvgIpc) is 3.31. The van der Waals surface area contributed by atoms with Gasteiger partial charge in [-0.3, -0.25) is 14.6 Å². The summed E-state index contributed by atoms with van der Waals surface area (Å²) in [5.74, 6) is -0.798. The number of ether oxygens (including phenoxy) is 1. The first-order valence-electron chi connectivity index (χ1n) is 12.3. The van der Waals surface area contributed by atoms with E-state index in [0.29, 0.717) is 11.7 Å². The van der Waals surface area contributed by atoms with E-state index in [1.807, 2.05) is 12.1 Å². The van der Waals surface area contributed by atoms with Crippen LogP contribution in [-0.2, 0) is 25.8 Å². The predicted molar refractivity (Wildman–Crippen MR) is 141 cm³/mol. The summed E-state index contributed by atoms with van der Waals surface area (Å²) in [5.41, 5.74) is 2.06. The maximum Gasteiger partial charge on any atom is 0.228 e. The van der Waals surface area contributed by atoms with Gasteiger partial charge in [0.15, 0.2) is 15.0 Å². The molecule has 7 nitrogen and oxygen atoms in total. The number of hydrogen-bond acceptors (Lipinski definition) is 7. The van der Waals surface area contributed by atoms with Crippen molar-refractivity contribution in [2.75, 3.05) is 50.0 Å². The van der Waals surface area contributed by atoms with Crippen LogP contribution in [0.2, 0.25) is 0 Å². The molecule has 0 N–H and O–H groups in total. The van der Waals surface area contributed by atoms with E-state index in [1.165, 1.54) is 23.5 Å². The number of halogens is 1. The third-order valence-electron chi connectivity index (χ3n) is 6.34. The molecule has 2 aromatic carbocycles. The molecule has 1 amide bonds. The Morgan fingerprint density at radius 2 is 1.89 bits per heavy atom. The molecular formula is C26H32FN3O4S2. The number of aryl methyl sites for hydroxylation is 1. The molecule has 0 bridgehead atoms. The summed E-state index contributed by atoms with van der Waals surface area (Å²) in [6, 6.07) is 10.9.